The summed E-state index contributed by atoms with van der Waals surface area (Å²) >= 11 is 0. The van der Waals surface area contributed by atoms with Crippen LogP contribution in [-0.4, -0.2) is 47.7 Å². The number of amides is 1. The zero-order chi connectivity index (χ0) is 22.5. The number of anilines is 2. The second kappa shape index (κ2) is 10.1. The van der Waals surface area contributed by atoms with Gasteiger partial charge in [0.2, 0.25) is 5.91 Å². The second-order valence-electron chi connectivity index (χ2n) is 8.97. The van der Waals surface area contributed by atoms with Crippen molar-refractivity contribution in [3.8, 4) is 5.75 Å². The van der Waals surface area contributed by atoms with Crippen LogP contribution in [0, 0.1) is 0 Å². The number of hydrogen-bond acceptors (Lipinski definition) is 6. The Kier molecular flexibility index (Phi) is 6.56. The fourth-order valence-corrected chi connectivity index (χ4v) is 4.87. The van der Waals surface area contributed by atoms with E-state index in [0.717, 1.165) is 66.9 Å². The number of para-hydroxylation sites is 1. The minimum Gasteiger partial charge on any atom is -0.490 e. The molecule has 1 amide bonds. The number of piperidine rings is 1. The van der Waals surface area contributed by atoms with Crippen LogP contribution < -0.4 is 20.3 Å². The monoisotopic (exact) mass is 445 g/mol. The van der Waals surface area contributed by atoms with Crippen LogP contribution in [0.2, 0.25) is 0 Å². The smallest absolute Gasteiger partial charge is 0.239 e. The van der Waals surface area contributed by atoms with Gasteiger partial charge in [0.25, 0.3) is 0 Å². The highest BCUT2D eigenvalue weighted by atomic mass is 16.5. The van der Waals surface area contributed by atoms with Crippen LogP contribution in [0.1, 0.15) is 38.5 Å². The lowest BCUT2D eigenvalue weighted by Gasteiger charge is -2.34. The molecular weight excluding hydrogens is 414 g/mol. The van der Waals surface area contributed by atoms with Gasteiger partial charge in [0.05, 0.1) is 18.2 Å². The van der Waals surface area contributed by atoms with Crippen molar-refractivity contribution in [3.05, 3.63) is 54.9 Å². The van der Waals surface area contributed by atoms with Gasteiger partial charge in [-0.15, -0.1) is 0 Å². The van der Waals surface area contributed by atoms with Crippen molar-refractivity contribution in [3.63, 3.8) is 0 Å². The number of nitrogens with one attached hydrogen (secondary N) is 2. The lowest BCUT2D eigenvalue weighted by Crippen LogP contribution is -2.49. The highest BCUT2D eigenvalue weighted by Crippen LogP contribution is 2.27. The third-order valence-electron chi connectivity index (χ3n) is 6.50. The Hall–Kier alpha value is -3.35. The number of benzene rings is 2. The van der Waals surface area contributed by atoms with Crippen molar-refractivity contribution < 1.29 is 9.53 Å². The third kappa shape index (κ3) is 5.35. The van der Waals surface area contributed by atoms with Crippen molar-refractivity contribution in [2.24, 2.45) is 0 Å². The van der Waals surface area contributed by atoms with Crippen LogP contribution in [0.15, 0.2) is 54.9 Å². The van der Waals surface area contributed by atoms with Crippen molar-refractivity contribution >= 4 is 28.3 Å². The number of aromatic nitrogens is 2. The van der Waals surface area contributed by atoms with Crippen LogP contribution in [0.25, 0.3) is 10.9 Å². The molecule has 7 heteroatoms. The third-order valence-corrected chi connectivity index (χ3v) is 6.50. The van der Waals surface area contributed by atoms with E-state index in [1.165, 1.54) is 12.8 Å². The summed E-state index contributed by atoms with van der Waals surface area (Å²) in [5, 5.41) is 7.48. The molecule has 2 heterocycles. The number of carbonyl (C=O) groups is 1. The molecule has 2 fully saturated rings. The van der Waals surface area contributed by atoms with Crippen molar-refractivity contribution in [2.75, 3.05) is 29.9 Å². The van der Waals surface area contributed by atoms with E-state index in [-0.39, 0.29) is 18.5 Å². The maximum Gasteiger partial charge on any atom is 0.239 e. The second-order valence-corrected chi connectivity index (χ2v) is 8.97. The van der Waals surface area contributed by atoms with Crippen molar-refractivity contribution in [1.29, 1.82) is 0 Å². The summed E-state index contributed by atoms with van der Waals surface area (Å²) in [4.78, 5) is 23.8. The number of ether oxygens (including phenoxy) is 1. The average molecular weight is 446 g/mol. The fraction of sp³-hybridized carbons (Fsp3) is 0.423. The molecule has 1 unspecified atom stereocenters. The number of carbonyl (C=O) groups excluding carboxylic acids is 1. The molecule has 2 N–H and O–H groups in total. The Labute approximate surface area is 194 Å². The fourth-order valence-electron chi connectivity index (χ4n) is 4.87. The molecule has 0 spiro atoms. The molecule has 1 aliphatic carbocycles. The van der Waals surface area contributed by atoms with Gasteiger partial charge >= 0.3 is 0 Å². The van der Waals surface area contributed by atoms with Gasteiger partial charge in [0.1, 0.15) is 17.9 Å². The van der Waals surface area contributed by atoms with Gasteiger partial charge in [0, 0.05) is 36.3 Å². The molecule has 1 aromatic heterocycles. The summed E-state index contributed by atoms with van der Waals surface area (Å²) in [5.74, 6) is 1.81. The first-order valence-corrected chi connectivity index (χ1v) is 12.0. The van der Waals surface area contributed by atoms with Gasteiger partial charge in [-0.1, -0.05) is 18.2 Å². The predicted octanol–water partition coefficient (Wildman–Crippen LogP) is 4.15. The molecule has 172 valence electrons. The van der Waals surface area contributed by atoms with Crippen LogP contribution in [0.3, 0.4) is 0 Å². The number of rotatable bonds is 7. The highest BCUT2D eigenvalue weighted by molar-refractivity contribution is 5.89. The number of hydrogen-bond donors (Lipinski definition) is 2. The molecule has 3 aromatic rings. The van der Waals surface area contributed by atoms with E-state index in [1.807, 2.05) is 42.5 Å². The molecule has 1 saturated heterocycles. The first-order valence-electron chi connectivity index (χ1n) is 12.0. The van der Waals surface area contributed by atoms with E-state index >= 15 is 0 Å². The molecule has 5 rings (SSSR count). The van der Waals surface area contributed by atoms with E-state index in [4.69, 9.17) is 4.74 Å². The van der Waals surface area contributed by atoms with Gasteiger partial charge in [-0.3, -0.25) is 4.79 Å². The van der Waals surface area contributed by atoms with Gasteiger partial charge in [-0.25, -0.2) is 9.97 Å². The van der Waals surface area contributed by atoms with Crippen LogP contribution in [-0.2, 0) is 4.79 Å². The lowest BCUT2D eigenvalue weighted by atomic mass is 10.0. The van der Waals surface area contributed by atoms with E-state index in [9.17, 15) is 4.79 Å². The largest absolute Gasteiger partial charge is 0.490 e. The molecule has 2 aromatic carbocycles. The van der Waals surface area contributed by atoms with Crippen LogP contribution in [0.4, 0.5) is 11.5 Å². The Morgan fingerprint density at radius 3 is 2.82 bits per heavy atom. The predicted molar refractivity (Wildman–Crippen MR) is 131 cm³/mol. The Balaban J connectivity index is 1.15. The summed E-state index contributed by atoms with van der Waals surface area (Å²) in [6.45, 7) is 1.91. The maximum atomic E-state index is 12.7. The van der Waals surface area contributed by atoms with Crippen LogP contribution >= 0.6 is 0 Å². The minimum absolute atomic E-state index is 0.00323. The van der Waals surface area contributed by atoms with E-state index < -0.39 is 0 Å². The summed E-state index contributed by atoms with van der Waals surface area (Å²) in [6, 6.07) is 16.1. The molecule has 33 heavy (non-hydrogen) atoms. The molecule has 0 radical (unpaired) electrons. The minimum atomic E-state index is -0.00323. The first-order chi connectivity index (χ1) is 16.2. The normalized spacial score (nSPS) is 18.9. The summed E-state index contributed by atoms with van der Waals surface area (Å²) < 4.78 is 6.07. The molecule has 2 aliphatic rings. The maximum absolute atomic E-state index is 12.7. The first kappa shape index (κ1) is 21.5. The quantitative estimate of drug-likeness (QED) is 0.569. The molecule has 1 aliphatic heterocycles. The zero-order valence-corrected chi connectivity index (χ0v) is 18.9. The number of nitrogens with zero attached hydrogens (tertiary/aromatic N) is 3. The lowest BCUT2D eigenvalue weighted by molar-refractivity contribution is -0.120. The van der Waals surface area contributed by atoms with Gasteiger partial charge in [0.15, 0.2) is 0 Å². The Bertz CT molecular complexity index is 1090. The summed E-state index contributed by atoms with van der Waals surface area (Å²) in [6.07, 6.45) is 8.67. The Morgan fingerprint density at radius 2 is 1.91 bits per heavy atom. The topological polar surface area (TPSA) is 79.4 Å². The van der Waals surface area contributed by atoms with E-state index in [0.29, 0.717) is 6.10 Å². The van der Waals surface area contributed by atoms with Gasteiger partial charge in [-0.05, 0) is 62.8 Å². The van der Waals surface area contributed by atoms with Crippen molar-refractivity contribution in [1.82, 2.24) is 15.3 Å². The van der Waals surface area contributed by atoms with E-state index in [2.05, 4.69) is 31.6 Å². The molecule has 1 atom stereocenters. The SMILES string of the molecule is O=C(CNc1cccc(OC2CCCC2)c1)NC1CCCN(c2ncnc3ccccc23)C1. The standard InChI is InChI=1S/C26H31N5O2/c32-25(16-27-19-7-5-11-22(15-19)33-21-9-1-2-10-21)30-20-8-6-14-31(17-20)26-23-12-3-4-13-24(23)28-18-29-26/h3-5,7,11-13,15,18,20-21,27H,1-2,6,8-10,14,16-17H2,(H,30,32). The zero-order valence-electron chi connectivity index (χ0n) is 18.9. The molecule has 7 nitrogen and oxygen atoms in total. The molecule has 0 bridgehead atoms. The molecule has 1 saturated carbocycles. The van der Waals surface area contributed by atoms with Crippen molar-refractivity contribution in [2.45, 2.75) is 50.7 Å². The highest BCUT2D eigenvalue weighted by Gasteiger charge is 2.23. The summed E-state index contributed by atoms with van der Waals surface area (Å²) in [5.41, 5.74) is 1.84. The average Bonchev–Trinajstić information content (AvgIpc) is 3.36. The van der Waals surface area contributed by atoms with E-state index in [1.54, 1.807) is 6.33 Å². The van der Waals surface area contributed by atoms with Gasteiger partial charge in [-0.2, -0.15) is 0 Å². The number of fused-ring (bicyclic) bond motifs is 1. The summed E-state index contributed by atoms with van der Waals surface area (Å²) in [7, 11) is 0. The molecular formula is C26H31N5O2. The van der Waals surface area contributed by atoms with Crippen LogP contribution in [0.5, 0.6) is 5.75 Å². The van der Waals surface area contributed by atoms with Gasteiger partial charge < -0.3 is 20.3 Å². The Morgan fingerprint density at radius 1 is 1.03 bits per heavy atom.